The van der Waals surface area contributed by atoms with E-state index in [1.165, 1.54) is 4.31 Å². The highest BCUT2D eigenvalue weighted by molar-refractivity contribution is 7.89. The smallest absolute Gasteiger partial charge is 0.243 e. The summed E-state index contributed by atoms with van der Waals surface area (Å²) in [7, 11) is -3.45. The molecule has 3 atom stereocenters. The van der Waals surface area contributed by atoms with Crippen LogP contribution in [-0.2, 0) is 26.0 Å². The van der Waals surface area contributed by atoms with Crippen LogP contribution in [0.2, 0.25) is 0 Å². The minimum atomic E-state index is -3.45. The molecule has 0 saturated carbocycles. The molecule has 2 aliphatic heterocycles. The van der Waals surface area contributed by atoms with E-state index in [1.54, 1.807) is 12.1 Å². The fourth-order valence-electron chi connectivity index (χ4n) is 5.02. The van der Waals surface area contributed by atoms with Crippen molar-refractivity contribution in [1.82, 2.24) is 14.1 Å². The third-order valence-electron chi connectivity index (χ3n) is 6.56. The van der Waals surface area contributed by atoms with Crippen molar-refractivity contribution >= 4 is 15.9 Å². The highest BCUT2D eigenvalue weighted by Crippen LogP contribution is 2.22. The lowest BCUT2D eigenvalue weighted by molar-refractivity contribution is -0.133. The number of rotatable bonds is 9. The van der Waals surface area contributed by atoms with Gasteiger partial charge in [0.15, 0.2) is 0 Å². The molecule has 180 valence electrons. The van der Waals surface area contributed by atoms with Gasteiger partial charge in [-0.05, 0) is 50.8 Å². The van der Waals surface area contributed by atoms with E-state index >= 15 is 0 Å². The number of nitrogens with zero attached hydrogens (tertiary/aromatic N) is 3. The zero-order valence-electron chi connectivity index (χ0n) is 20.0. The molecule has 1 aromatic rings. The molecule has 1 amide bonds. The van der Waals surface area contributed by atoms with Gasteiger partial charge in [-0.15, -0.1) is 0 Å². The first-order valence-electron chi connectivity index (χ1n) is 12.0. The van der Waals surface area contributed by atoms with E-state index in [-0.39, 0.29) is 24.2 Å². The van der Waals surface area contributed by atoms with Gasteiger partial charge in [-0.2, -0.15) is 4.31 Å². The lowest BCUT2D eigenvalue weighted by atomic mass is 10.1. The van der Waals surface area contributed by atoms with Crippen molar-refractivity contribution in [3.05, 3.63) is 29.8 Å². The normalized spacial score (nSPS) is 24.9. The van der Waals surface area contributed by atoms with E-state index in [0.717, 1.165) is 44.6 Å². The first-order chi connectivity index (χ1) is 15.2. The van der Waals surface area contributed by atoms with Crippen LogP contribution in [0.3, 0.4) is 0 Å². The van der Waals surface area contributed by atoms with Gasteiger partial charge in [-0.25, -0.2) is 8.42 Å². The number of hydrogen-bond donors (Lipinski definition) is 0. The molecule has 3 rings (SSSR count). The monoisotopic (exact) mass is 465 g/mol. The predicted octanol–water partition coefficient (Wildman–Crippen LogP) is 2.75. The van der Waals surface area contributed by atoms with Gasteiger partial charge < -0.3 is 9.64 Å². The van der Waals surface area contributed by atoms with E-state index in [9.17, 15) is 13.2 Å². The van der Waals surface area contributed by atoms with Crippen LogP contribution in [0.25, 0.3) is 0 Å². The molecule has 3 unspecified atom stereocenters. The Kier molecular flexibility index (Phi) is 8.72. The Bertz CT molecular complexity index is 845. The largest absolute Gasteiger partial charge is 0.373 e. The van der Waals surface area contributed by atoms with Gasteiger partial charge in [0.1, 0.15) is 0 Å². The van der Waals surface area contributed by atoms with Crippen LogP contribution in [0.5, 0.6) is 0 Å². The Morgan fingerprint density at radius 1 is 1.09 bits per heavy atom. The van der Waals surface area contributed by atoms with Crippen LogP contribution in [-0.4, -0.2) is 85.9 Å². The molecule has 0 aliphatic carbocycles. The van der Waals surface area contributed by atoms with Crippen molar-refractivity contribution in [2.24, 2.45) is 0 Å². The Morgan fingerprint density at radius 2 is 1.72 bits per heavy atom. The van der Waals surface area contributed by atoms with Crippen LogP contribution in [0, 0.1) is 0 Å². The molecule has 32 heavy (non-hydrogen) atoms. The lowest BCUT2D eigenvalue weighted by Crippen LogP contribution is -2.50. The fourth-order valence-corrected chi connectivity index (χ4v) is 6.48. The number of aryl methyl sites for hydroxylation is 1. The van der Waals surface area contributed by atoms with Gasteiger partial charge in [0.2, 0.25) is 15.9 Å². The minimum Gasteiger partial charge on any atom is -0.373 e. The van der Waals surface area contributed by atoms with Crippen molar-refractivity contribution in [2.45, 2.75) is 76.5 Å². The molecule has 2 fully saturated rings. The summed E-state index contributed by atoms with van der Waals surface area (Å²) in [5.41, 5.74) is 0.989. The van der Waals surface area contributed by atoms with Crippen molar-refractivity contribution in [1.29, 1.82) is 0 Å². The molecular formula is C24H39N3O4S. The molecule has 2 saturated heterocycles. The number of likely N-dealkylation sites (tertiary alicyclic amines) is 1. The maximum atomic E-state index is 13.0. The molecule has 0 spiro atoms. The number of morpholine rings is 1. The van der Waals surface area contributed by atoms with Crippen molar-refractivity contribution < 1.29 is 17.9 Å². The predicted molar refractivity (Wildman–Crippen MR) is 126 cm³/mol. The number of benzene rings is 1. The fraction of sp³-hybridized carbons (Fsp3) is 0.708. The second-order valence-corrected chi connectivity index (χ2v) is 11.0. The van der Waals surface area contributed by atoms with Gasteiger partial charge in [-0.3, -0.25) is 9.69 Å². The van der Waals surface area contributed by atoms with Gasteiger partial charge >= 0.3 is 0 Å². The number of carbonyl (C=O) groups excluding carboxylic acids is 1. The molecule has 0 radical (unpaired) electrons. The van der Waals surface area contributed by atoms with Gasteiger partial charge in [0.05, 0.1) is 17.1 Å². The first-order valence-corrected chi connectivity index (χ1v) is 13.4. The second-order valence-electron chi connectivity index (χ2n) is 9.09. The SMILES string of the molecule is CCN(CC)S(=O)(=O)c1ccc(CCC(=O)N2CCCC2CN2CC(C)OC(C)C2)cc1. The Labute approximate surface area is 193 Å². The quantitative estimate of drug-likeness (QED) is 0.561. The number of carbonyl (C=O) groups is 1. The number of hydrogen-bond acceptors (Lipinski definition) is 5. The Balaban J connectivity index is 1.54. The van der Waals surface area contributed by atoms with Crippen LogP contribution in [0.4, 0.5) is 0 Å². The number of sulfonamides is 1. The van der Waals surface area contributed by atoms with E-state index < -0.39 is 10.0 Å². The Hall–Kier alpha value is -1.48. The number of amides is 1. The summed E-state index contributed by atoms with van der Waals surface area (Å²) in [6.07, 6.45) is 3.66. The van der Waals surface area contributed by atoms with E-state index in [1.807, 2.05) is 26.0 Å². The van der Waals surface area contributed by atoms with E-state index in [2.05, 4.69) is 23.6 Å². The Morgan fingerprint density at radius 3 is 2.31 bits per heavy atom. The third-order valence-corrected chi connectivity index (χ3v) is 8.62. The molecule has 0 bridgehead atoms. The average molecular weight is 466 g/mol. The van der Waals surface area contributed by atoms with Gasteiger partial charge in [0, 0.05) is 51.7 Å². The average Bonchev–Trinajstić information content (AvgIpc) is 3.20. The van der Waals surface area contributed by atoms with Crippen molar-refractivity contribution in [2.75, 3.05) is 39.3 Å². The summed E-state index contributed by atoms with van der Waals surface area (Å²) in [6, 6.07) is 7.27. The summed E-state index contributed by atoms with van der Waals surface area (Å²) in [6.45, 7) is 12.4. The second kappa shape index (κ2) is 11.1. The highest BCUT2D eigenvalue weighted by Gasteiger charge is 2.32. The molecule has 2 aliphatic rings. The zero-order chi connectivity index (χ0) is 23.3. The maximum absolute atomic E-state index is 13.0. The van der Waals surface area contributed by atoms with Gasteiger partial charge in [-0.1, -0.05) is 26.0 Å². The summed E-state index contributed by atoms with van der Waals surface area (Å²) in [5, 5.41) is 0. The third kappa shape index (κ3) is 6.10. The topological polar surface area (TPSA) is 70.2 Å². The van der Waals surface area contributed by atoms with E-state index in [4.69, 9.17) is 4.74 Å². The van der Waals surface area contributed by atoms with E-state index in [0.29, 0.717) is 30.8 Å². The molecule has 1 aromatic carbocycles. The lowest BCUT2D eigenvalue weighted by Gasteiger charge is -2.38. The molecule has 0 N–H and O–H groups in total. The van der Waals surface area contributed by atoms with Gasteiger partial charge in [0.25, 0.3) is 0 Å². The molecule has 7 nitrogen and oxygen atoms in total. The van der Waals surface area contributed by atoms with Crippen molar-refractivity contribution in [3.63, 3.8) is 0 Å². The summed E-state index contributed by atoms with van der Waals surface area (Å²) in [4.78, 5) is 17.8. The van der Waals surface area contributed by atoms with Crippen molar-refractivity contribution in [3.8, 4) is 0 Å². The van der Waals surface area contributed by atoms with Crippen LogP contribution in [0.1, 0.15) is 52.5 Å². The molecule has 0 aromatic heterocycles. The maximum Gasteiger partial charge on any atom is 0.243 e. The van der Waals surface area contributed by atoms with Crippen LogP contribution < -0.4 is 0 Å². The summed E-state index contributed by atoms with van der Waals surface area (Å²) >= 11 is 0. The standard InChI is InChI=1S/C24H39N3O4S/c1-5-26(6-2)32(29,30)23-12-9-21(10-13-23)11-14-24(28)27-15-7-8-22(27)18-25-16-19(3)31-20(4)17-25/h9-10,12-13,19-20,22H,5-8,11,14-18H2,1-4H3. The zero-order valence-corrected chi connectivity index (χ0v) is 20.8. The molecule has 8 heteroatoms. The summed E-state index contributed by atoms with van der Waals surface area (Å²) < 4.78 is 32.6. The van der Waals surface area contributed by atoms with Crippen LogP contribution in [0.15, 0.2) is 29.2 Å². The molecular weight excluding hydrogens is 426 g/mol. The summed E-state index contributed by atoms with van der Waals surface area (Å²) in [5.74, 6) is 0.196. The highest BCUT2D eigenvalue weighted by atomic mass is 32.2. The first kappa shape index (κ1) is 25.1. The minimum absolute atomic E-state index is 0.196. The van der Waals surface area contributed by atoms with Crippen LogP contribution >= 0.6 is 0 Å². The molecule has 2 heterocycles. The number of ether oxygens (including phenoxy) is 1.